The van der Waals surface area contributed by atoms with Crippen LogP contribution in [0.4, 0.5) is 5.69 Å². The molecule has 21 heavy (non-hydrogen) atoms. The van der Waals surface area contributed by atoms with E-state index in [1.807, 2.05) is 37.3 Å². The zero-order valence-electron chi connectivity index (χ0n) is 12.3. The molecular formula is C16H21ClN2O2. The smallest absolute Gasteiger partial charge is 0.291 e. The summed E-state index contributed by atoms with van der Waals surface area (Å²) < 4.78 is 5.46. The van der Waals surface area contributed by atoms with Crippen LogP contribution in [0.5, 0.6) is 0 Å². The molecule has 0 aliphatic heterocycles. The van der Waals surface area contributed by atoms with Gasteiger partial charge in [0, 0.05) is 18.7 Å². The Morgan fingerprint density at radius 2 is 1.90 bits per heavy atom. The van der Waals surface area contributed by atoms with Crippen molar-refractivity contribution in [3.63, 3.8) is 0 Å². The largest absolute Gasteiger partial charge is 0.456 e. The lowest BCUT2D eigenvalue weighted by atomic mass is 10.1. The Morgan fingerprint density at radius 1 is 1.14 bits per heavy atom. The maximum absolute atomic E-state index is 12.1. The van der Waals surface area contributed by atoms with Crippen molar-refractivity contribution in [2.24, 2.45) is 0 Å². The molecule has 2 aromatic rings. The zero-order chi connectivity index (χ0) is 14.4. The number of halogens is 1. The Hall–Kier alpha value is -1.78. The summed E-state index contributed by atoms with van der Waals surface area (Å²) in [6, 6.07) is 11.3. The summed E-state index contributed by atoms with van der Waals surface area (Å²) in [4.78, 5) is 12.1. The average Bonchev–Trinajstić information content (AvgIpc) is 2.95. The highest BCUT2D eigenvalue weighted by Gasteiger charge is 2.12. The molecule has 0 bridgehead atoms. The summed E-state index contributed by atoms with van der Waals surface area (Å²) in [5.41, 5.74) is 1.87. The van der Waals surface area contributed by atoms with Crippen molar-refractivity contribution in [2.45, 2.75) is 26.8 Å². The highest BCUT2D eigenvalue weighted by atomic mass is 35.5. The average molecular weight is 309 g/mol. The van der Waals surface area contributed by atoms with Gasteiger partial charge in [-0.2, -0.15) is 0 Å². The minimum absolute atomic E-state index is 0. The first-order valence-corrected chi connectivity index (χ1v) is 6.93. The number of anilines is 1. The van der Waals surface area contributed by atoms with Crippen molar-refractivity contribution in [1.82, 2.24) is 5.32 Å². The second kappa shape index (κ2) is 8.49. The lowest BCUT2D eigenvalue weighted by Crippen LogP contribution is -2.16. The van der Waals surface area contributed by atoms with Crippen LogP contribution in [0.2, 0.25) is 0 Å². The summed E-state index contributed by atoms with van der Waals surface area (Å²) in [7, 11) is 0. The van der Waals surface area contributed by atoms with Crippen LogP contribution >= 0.6 is 12.4 Å². The summed E-state index contributed by atoms with van der Waals surface area (Å²) in [6.07, 6.45) is 0.782. The molecule has 0 aliphatic rings. The van der Waals surface area contributed by atoms with Gasteiger partial charge in [0.2, 0.25) is 0 Å². The number of aryl methyl sites for hydroxylation is 1. The van der Waals surface area contributed by atoms with Crippen LogP contribution in [0.25, 0.3) is 0 Å². The third-order valence-electron chi connectivity index (χ3n) is 3.06. The van der Waals surface area contributed by atoms with Crippen LogP contribution < -0.4 is 10.6 Å². The first-order valence-electron chi connectivity index (χ1n) is 6.93. The molecule has 0 fully saturated rings. The predicted molar refractivity (Wildman–Crippen MR) is 87.1 cm³/mol. The minimum atomic E-state index is -0.214. The number of carbonyl (C=O) groups excluding carboxylic acids is 1. The number of nitrogens with one attached hydrogen (secondary N) is 2. The van der Waals surface area contributed by atoms with Crippen LogP contribution in [0.15, 0.2) is 40.8 Å². The molecule has 0 atom stereocenters. The molecule has 0 radical (unpaired) electrons. The zero-order valence-corrected chi connectivity index (χ0v) is 13.1. The molecule has 4 nitrogen and oxygen atoms in total. The van der Waals surface area contributed by atoms with Crippen molar-refractivity contribution in [3.8, 4) is 0 Å². The van der Waals surface area contributed by atoms with Gasteiger partial charge in [0.05, 0.1) is 0 Å². The number of amides is 1. The highest BCUT2D eigenvalue weighted by molar-refractivity contribution is 6.02. The maximum Gasteiger partial charge on any atom is 0.291 e. The molecule has 2 rings (SSSR count). The SMILES string of the molecule is CCNCc1ccccc1NC(=O)c1ccc(CC)o1.Cl. The molecule has 0 saturated heterocycles. The van der Waals surface area contributed by atoms with Crippen molar-refractivity contribution < 1.29 is 9.21 Å². The number of hydrogen-bond donors (Lipinski definition) is 2. The van der Waals surface area contributed by atoms with E-state index in [4.69, 9.17) is 4.42 Å². The van der Waals surface area contributed by atoms with Crippen molar-refractivity contribution in [3.05, 3.63) is 53.5 Å². The maximum atomic E-state index is 12.1. The minimum Gasteiger partial charge on any atom is -0.456 e. The van der Waals surface area contributed by atoms with Gasteiger partial charge in [0.15, 0.2) is 5.76 Å². The van der Waals surface area contributed by atoms with E-state index < -0.39 is 0 Å². The Balaban J connectivity index is 0.00000220. The molecule has 1 amide bonds. The Bertz CT molecular complexity index is 581. The van der Waals surface area contributed by atoms with Crippen LogP contribution in [0.1, 0.15) is 35.7 Å². The molecular weight excluding hydrogens is 288 g/mol. The molecule has 1 aromatic carbocycles. The van der Waals surface area contributed by atoms with Gasteiger partial charge in [-0.25, -0.2) is 0 Å². The molecule has 1 heterocycles. The van der Waals surface area contributed by atoms with Gasteiger partial charge in [0.25, 0.3) is 5.91 Å². The molecule has 0 saturated carbocycles. The quantitative estimate of drug-likeness (QED) is 0.857. The highest BCUT2D eigenvalue weighted by Crippen LogP contribution is 2.17. The predicted octanol–water partition coefficient (Wildman–Crippen LogP) is 3.63. The van der Waals surface area contributed by atoms with Gasteiger partial charge >= 0.3 is 0 Å². The molecule has 0 unspecified atom stereocenters. The van der Waals surface area contributed by atoms with Gasteiger partial charge in [-0.15, -0.1) is 12.4 Å². The normalized spacial score (nSPS) is 10.0. The molecule has 5 heteroatoms. The Labute approximate surface area is 131 Å². The molecule has 114 valence electrons. The van der Waals surface area contributed by atoms with Crippen molar-refractivity contribution >= 4 is 24.0 Å². The third kappa shape index (κ3) is 4.62. The van der Waals surface area contributed by atoms with E-state index in [0.29, 0.717) is 5.76 Å². The number of furan rings is 1. The first kappa shape index (κ1) is 17.3. The molecule has 0 spiro atoms. The fourth-order valence-corrected chi connectivity index (χ4v) is 1.93. The van der Waals surface area contributed by atoms with E-state index in [9.17, 15) is 4.79 Å². The van der Waals surface area contributed by atoms with E-state index in [1.165, 1.54) is 0 Å². The van der Waals surface area contributed by atoms with E-state index in [-0.39, 0.29) is 18.3 Å². The number of para-hydroxylation sites is 1. The third-order valence-corrected chi connectivity index (χ3v) is 3.06. The fourth-order valence-electron chi connectivity index (χ4n) is 1.93. The summed E-state index contributed by atoms with van der Waals surface area (Å²) in [5.74, 6) is 0.949. The number of rotatable bonds is 6. The molecule has 2 N–H and O–H groups in total. The van der Waals surface area contributed by atoms with Gasteiger partial charge < -0.3 is 15.1 Å². The van der Waals surface area contributed by atoms with Crippen molar-refractivity contribution in [2.75, 3.05) is 11.9 Å². The second-order valence-electron chi connectivity index (χ2n) is 4.51. The van der Waals surface area contributed by atoms with Gasteiger partial charge in [-0.3, -0.25) is 4.79 Å². The van der Waals surface area contributed by atoms with E-state index >= 15 is 0 Å². The van der Waals surface area contributed by atoms with Crippen LogP contribution in [-0.2, 0) is 13.0 Å². The summed E-state index contributed by atoms with van der Waals surface area (Å²) >= 11 is 0. The Morgan fingerprint density at radius 3 is 2.57 bits per heavy atom. The number of benzene rings is 1. The fraction of sp³-hybridized carbons (Fsp3) is 0.312. The van der Waals surface area contributed by atoms with Crippen molar-refractivity contribution in [1.29, 1.82) is 0 Å². The van der Waals surface area contributed by atoms with Crippen LogP contribution in [-0.4, -0.2) is 12.5 Å². The molecule has 1 aromatic heterocycles. The van der Waals surface area contributed by atoms with E-state index in [0.717, 1.165) is 36.5 Å². The number of carbonyl (C=O) groups is 1. The van der Waals surface area contributed by atoms with Crippen LogP contribution in [0.3, 0.4) is 0 Å². The number of hydrogen-bond acceptors (Lipinski definition) is 3. The molecule has 0 aliphatic carbocycles. The van der Waals surface area contributed by atoms with Gasteiger partial charge in [-0.05, 0) is 30.3 Å². The van der Waals surface area contributed by atoms with Crippen LogP contribution in [0, 0.1) is 0 Å². The van der Waals surface area contributed by atoms with E-state index in [1.54, 1.807) is 6.07 Å². The van der Waals surface area contributed by atoms with E-state index in [2.05, 4.69) is 17.6 Å². The summed E-state index contributed by atoms with van der Waals surface area (Å²) in [5, 5.41) is 6.16. The first-order chi connectivity index (χ1) is 9.74. The summed E-state index contributed by atoms with van der Waals surface area (Å²) in [6.45, 7) is 5.66. The topological polar surface area (TPSA) is 54.3 Å². The van der Waals surface area contributed by atoms with Gasteiger partial charge in [-0.1, -0.05) is 32.0 Å². The Kier molecular flexibility index (Phi) is 6.99. The van der Waals surface area contributed by atoms with Gasteiger partial charge in [0.1, 0.15) is 5.76 Å². The lowest BCUT2D eigenvalue weighted by molar-refractivity contribution is 0.0995. The second-order valence-corrected chi connectivity index (χ2v) is 4.51. The monoisotopic (exact) mass is 308 g/mol. The lowest BCUT2D eigenvalue weighted by Gasteiger charge is -2.10. The standard InChI is InChI=1S/C16H20N2O2.ClH/c1-3-13-9-10-15(20-13)16(19)18-14-8-6-5-7-12(14)11-17-4-2;/h5-10,17H,3-4,11H2,1-2H3,(H,18,19);1H.